The van der Waals surface area contributed by atoms with E-state index in [0.717, 1.165) is 62.5 Å². The van der Waals surface area contributed by atoms with Crippen molar-refractivity contribution in [3.63, 3.8) is 0 Å². The topological polar surface area (TPSA) is 50.8 Å². The van der Waals surface area contributed by atoms with Gasteiger partial charge in [-0.2, -0.15) is 0 Å². The van der Waals surface area contributed by atoms with E-state index in [1.165, 1.54) is 6.42 Å². The van der Waals surface area contributed by atoms with Crippen LogP contribution in [0, 0.1) is 0 Å². The quantitative estimate of drug-likeness (QED) is 0.706. The number of nitrogens with zero attached hydrogens (tertiary/aromatic N) is 1. The molecular formula is C19H30N2O3. The molecule has 0 spiro atoms. The predicted molar refractivity (Wildman–Crippen MR) is 95.5 cm³/mol. The van der Waals surface area contributed by atoms with Gasteiger partial charge < -0.3 is 19.7 Å². The molecule has 0 unspecified atom stereocenters. The summed E-state index contributed by atoms with van der Waals surface area (Å²) in [5.41, 5.74) is 1.15. The first kappa shape index (κ1) is 18.6. The molecule has 1 aliphatic heterocycles. The maximum atomic E-state index is 12.0. The van der Waals surface area contributed by atoms with Gasteiger partial charge in [-0.25, -0.2) is 0 Å². The Kier molecular flexibility index (Phi) is 7.89. The first-order chi connectivity index (χ1) is 11.7. The molecule has 0 aromatic heterocycles. The largest absolute Gasteiger partial charge is 0.493 e. The van der Waals surface area contributed by atoms with Crippen molar-refractivity contribution in [2.45, 2.75) is 45.6 Å². The zero-order valence-electron chi connectivity index (χ0n) is 15.0. The van der Waals surface area contributed by atoms with Gasteiger partial charge in [-0.3, -0.25) is 4.79 Å². The highest BCUT2D eigenvalue weighted by molar-refractivity contribution is 5.76. The molecule has 1 N–H and O–H groups in total. The van der Waals surface area contributed by atoms with Crippen LogP contribution in [0.4, 0.5) is 0 Å². The average Bonchev–Trinajstić information content (AvgIpc) is 2.81. The number of carbonyl (C=O) groups is 1. The summed E-state index contributed by atoms with van der Waals surface area (Å²) in [5, 5.41) is 3.41. The molecule has 1 heterocycles. The van der Waals surface area contributed by atoms with E-state index < -0.39 is 0 Å². The molecule has 0 atom stereocenters. The average molecular weight is 334 g/mol. The molecule has 24 heavy (non-hydrogen) atoms. The Morgan fingerprint density at radius 1 is 1.21 bits per heavy atom. The summed E-state index contributed by atoms with van der Waals surface area (Å²) in [6, 6.07) is 6.02. The zero-order chi connectivity index (χ0) is 17.2. The number of methoxy groups -OCH3 is 1. The minimum absolute atomic E-state index is 0.299. The Balaban J connectivity index is 1.78. The molecule has 134 valence electrons. The number of rotatable bonds is 9. The molecule has 5 nitrogen and oxygen atoms in total. The third-order valence-electron chi connectivity index (χ3n) is 4.25. The van der Waals surface area contributed by atoms with Crippen LogP contribution in [0.2, 0.25) is 0 Å². The van der Waals surface area contributed by atoms with Crippen molar-refractivity contribution in [3.05, 3.63) is 23.8 Å². The highest BCUT2D eigenvalue weighted by Crippen LogP contribution is 2.28. The summed E-state index contributed by atoms with van der Waals surface area (Å²) in [6.07, 6.45) is 5.01. The fourth-order valence-corrected chi connectivity index (χ4v) is 2.87. The van der Waals surface area contributed by atoms with Gasteiger partial charge in [0, 0.05) is 32.6 Å². The number of benzene rings is 1. The number of amides is 1. The van der Waals surface area contributed by atoms with Crippen LogP contribution >= 0.6 is 0 Å². The van der Waals surface area contributed by atoms with Gasteiger partial charge in [0.05, 0.1) is 13.7 Å². The standard InChI is InChI=1S/C19H30N2O3/c1-3-13-24-17-9-8-16(14-18(17)23-2)15-20-10-12-21-11-6-4-5-7-19(21)22/h8-9,14,20H,3-7,10-13,15H2,1-2H3. The van der Waals surface area contributed by atoms with E-state index in [1.807, 2.05) is 17.0 Å². The lowest BCUT2D eigenvalue weighted by Crippen LogP contribution is -2.36. The molecule has 0 aliphatic carbocycles. The smallest absolute Gasteiger partial charge is 0.222 e. The second-order valence-corrected chi connectivity index (χ2v) is 6.20. The molecule has 2 rings (SSSR count). The highest BCUT2D eigenvalue weighted by Gasteiger charge is 2.15. The highest BCUT2D eigenvalue weighted by atomic mass is 16.5. The summed E-state index contributed by atoms with van der Waals surface area (Å²) in [4.78, 5) is 13.9. The van der Waals surface area contributed by atoms with E-state index >= 15 is 0 Å². The molecule has 1 amide bonds. The molecule has 1 aromatic carbocycles. The monoisotopic (exact) mass is 334 g/mol. The Morgan fingerprint density at radius 2 is 2.08 bits per heavy atom. The lowest BCUT2D eigenvalue weighted by molar-refractivity contribution is -0.130. The minimum atomic E-state index is 0.299. The molecule has 1 saturated heterocycles. The first-order valence-corrected chi connectivity index (χ1v) is 9.02. The van der Waals surface area contributed by atoms with E-state index in [0.29, 0.717) is 18.9 Å². The van der Waals surface area contributed by atoms with Crippen LogP contribution in [0.15, 0.2) is 18.2 Å². The molecule has 5 heteroatoms. The van der Waals surface area contributed by atoms with Crippen molar-refractivity contribution in [1.29, 1.82) is 0 Å². The van der Waals surface area contributed by atoms with E-state index in [9.17, 15) is 4.79 Å². The molecule has 0 bridgehead atoms. The van der Waals surface area contributed by atoms with E-state index in [4.69, 9.17) is 9.47 Å². The van der Waals surface area contributed by atoms with Gasteiger partial charge in [0.25, 0.3) is 0 Å². The fourth-order valence-electron chi connectivity index (χ4n) is 2.87. The lowest BCUT2D eigenvalue weighted by atomic mass is 10.2. The fraction of sp³-hybridized carbons (Fsp3) is 0.632. The molecule has 1 fully saturated rings. The molecular weight excluding hydrogens is 304 g/mol. The van der Waals surface area contributed by atoms with Crippen LogP contribution < -0.4 is 14.8 Å². The maximum Gasteiger partial charge on any atom is 0.222 e. The van der Waals surface area contributed by atoms with Crippen molar-refractivity contribution in [2.75, 3.05) is 33.4 Å². The molecule has 0 radical (unpaired) electrons. The first-order valence-electron chi connectivity index (χ1n) is 9.02. The third-order valence-corrected chi connectivity index (χ3v) is 4.25. The summed E-state index contributed by atoms with van der Waals surface area (Å²) in [5.74, 6) is 1.86. The zero-order valence-corrected chi connectivity index (χ0v) is 15.0. The third kappa shape index (κ3) is 5.71. The summed E-state index contributed by atoms with van der Waals surface area (Å²) < 4.78 is 11.1. The molecule has 1 aromatic rings. The van der Waals surface area contributed by atoms with Crippen molar-refractivity contribution < 1.29 is 14.3 Å². The minimum Gasteiger partial charge on any atom is -0.493 e. The number of hydrogen-bond donors (Lipinski definition) is 1. The van der Waals surface area contributed by atoms with Crippen molar-refractivity contribution >= 4 is 5.91 Å². The number of ether oxygens (including phenoxy) is 2. The van der Waals surface area contributed by atoms with Gasteiger partial charge in [0.15, 0.2) is 11.5 Å². The maximum absolute atomic E-state index is 12.0. The predicted octanol–water partition coefficient (Wildman–Crippen LogP) is 2.98. The van der Waals surface area contributed by atoms with Crippen LogP contribution in [0.3, 0.4) is 0 Å². The molecule has 0 saturated carbocycles. The van der Waals surface area contributed by atoms with Crippen LogP contribution in [0.1, 0.15) is 44.6 Å². The normalized spacial score (nSPS) is 15.2. The van der Waals surface area contributed by atoms with Crippen LogP contribution in [0.5, 0.6) is 11.5 Å². The van der Waals surface area contributed by atoms with E-state index in [-0.39, 0.29) is 0 Å². The number of likely N-dealkylation sites (tertiary alicyclic amines) is 1. The summed E-state index contributed by atoms with van der Waals surface area (Å²) in [6.45, 7) is 6.03. The van der Waals surface area contributed by atoms with Crippen LogP contribution in [0.25, 0.3) is 0 Å². The van der Waals surface area contributed by atoms with Crippen LogP contribution in [-0.4, -0.2) is 44.2 Å². The summed E-state index contributed by atoms with van der Waals surface area (Å²) >= 11 is 0. The van der Waals surface area contributed by atoms with Gasteiger partial charge in [-0.1, -0.05) is 19.4 Å². The second kappa shape index (κ2) is 10.2. The van der Waals surface area contributed by atoms with Gasteiger partial charge in [0.1, 0.15) is 0 Å². The Hall–Kier alpha value is -1.75. The van der Waals surface area contributed by atoms with Gasteiger partial charge in [0.2, 0.25) is 5.91 Å². The SMILES string of the molecule is CCCOc1ccc(CNCCN2CCCCCC2=O)cc1OC. The van der Waals surface area contributed by atoms with Gasteiger partial charge in [-0.05, 0) is 37.0 Å². The summed E-state index contributed by atoms with van der Waals surface area (Å²) in [7, 11) is 1.66. The van der Waals surface area contributed by atoms with E-state index in [1.54, 1.807) is 7.11 Å². The number of nitrogens with one attached hydrogen (secondary N) is 1. The lowest BCUT2D eigenvalue weighted by Gasteiger charge is -2.20. The Labute approximate surface area is 145 Å². The number of carbonyl (C=O) groups excluding carboxylic acids is 1. The Morgan fingerprint density at radius 3 is 2.88 bits per heavy atom. The van der Waals surface area contributed by atoms with Gasteiger partial charge in [-0.15, -0.1) is 0 Å². The second-order valence-electron chi connectivity index (χ2n) is 6.20. The number of hydrogen-bond acceptors (Lipinski definition) is 4. The van der Waals surface area contributed by atoms with E-state index in [2.05, 4.69) is 18.3 Å². The molecule has 1 aliphatic rings. The van der Waals surface area contributed by atoms with Crippen molar-refractivity contribution in [2.24, 2.45) is 0 Å². The van der Waals surface area contributed by atoms with Crippen molar-refractivity contribution in [3.8, 4) is 11.5 Å². The Bertz CT molecular complexity index is 519. The van der Waals surface area contributed by atoms with Gasteiger partial charge >= 0.3 is 0 Å². The van der Waals surface area contributed by atoms with Crippen molar-refractivity contribution in [1.82, 2.24) is 10.2 Å². The van der Waals surface area contributed by atoms with Crippen LogP contribution in [-0.2, 0) is 11.3 Å².